The Labute approximate surface area is 140 Å². The number of nitrogens with one attached hydrogen (secondary N) is 1. The fraction of sp³-hybridized carbons (Fsp3) is 0.312. The molecular weight excluding hydrogens is 306 g/mol. The molecule has 124 valence electrons. The highest BCUT2D eigenvalue weighted by molar-refractivity contribution is 5.92. The molecule has 2 aromatic heterocycles. The lowest BCUT2D eigenvalue weighted by Gasteiger charge is -2.34. The van der Waals surface area contributed by atoms with E-state index in [9.17, 15) is 4.79 Å². The summed E-state index contributed by atoms with van der Waals surface area (Å²) in [6.07, 6.45) is 6.74. The highest BCUT2D eigenvalue weighted by Gasteiger charge is 2.24. The summed E-state index contributed by atoms with van der Waals surface area (Å²) in [5.41, 5.74) is 0.390. The second-order valence-electron chi connectivity index (χ2n) is 5.26. The first-order chi connectivity index (χ1) is 11.8. The van der Waals surface area contributed by atoms with Gasteiger partial charge in [-0.05, 0) is 12.1 Å². The molecule has 0 spiro atoms. The fourth-order valence-corrected chi connectivity index (χ4v) is 2.45. The molecule has 1 saturated heterocycles. The van der Waals surface area contributed by atoms with Gasteiger partial charge in [0.2, 0.25) is 11.9 Å². The minimum atomic E-state index is -0.0901. The highest BCUT2D eigenvalue weighted by atomic mass is 16.2. The Morgan fingerprint density at radius 1 is 1.17 bits per heavy atom. The summed E-state index contributed by atoms with van der Waals surface area (Å²) in [4.78, 5) is 33.3. The van der Waals surface area contributed by atoms with E-state index >= 15 is 0 Å². The van der Waals surface area contributed by atoms with Gasteiger partial charge in [-0.25, -0.2) is 19.9 Å². The molecule has 1 N–H and O–H groups in total. The van der Waals surface area contributed by atoms with Crippen LogP contribution in [-0.2, 0) is 0 Å². The molecular formula is C16H19N7O. The molecule has 3 heterocycles. The first-order valence-electron chi connectivity index (χ1n) is 7.77. The minimum absolute atomic E-state index is 0.0901. The number of carbonyl (C=O) groups is 1. The Kier molecular flexibility index (Phi) is 4.95. The van der Waals surface area contributed by atoms with E-state index in [4.69, 9.17) is 0 Å². The van der Waals surface area contributed by atoms with Crippen LogP contribution in [0.3, 0.4) is 0 Å². The topological polar surface area (TPSA) is 87.1 Å². The van der Waals surface area contributed by atoms with Crippen molar-refractivity contribution >= 4 is 17.8 Å². The average Bonchev–Trinajstić information content (AvgIpc) is 2.67. The summed E-state index contributed by atoms with van der Waals surface area (Å²) in [6.45, 7) is 6.79. The Morgan fingerprint density at radius 2 is 1.92 bits per heavy atom. The van der Waals surface area contributed by atoms with Gasteiger partial charge in [0.05, 0.1) is 0 Å². The molecule has 1 aliphatic rings. The molecule has 0 bridgehead atoms. The third kappa shape index (κ3) is 3.65. The number of carbonyl (C=O) groups excluding carboxylic acids is 1. The molecule has 24 heavy (non-hydrogen) atoms. The van der Waals surface area contributed by atoms with Crippen LogP contribution in [0.5, 0.6) is 0 Å². The predicted octanol–water partition coefficient (Wildman–Crippen LogP) is 0.827. The van der Waals surface area contributed by atoms with Crippen molar-refractivity contribution < 1.29 is 4.79 Å². The zero-order valence-electron chi connectivity index (χ0n) is 13.3. The molecule has 3 rings (SSSR count). The van der Waals surface area contributed by atoms with Gasteiger partial charge in [0.25, 0.3) is 5.91 Å². The molecule has 0 aliphatic carbocycles. The van der Waals surface area contributed by atoms with E-state index in [0.29, 0.717) is 50.3 Å². The molecule has 8 heteroatoms. The van der Waals surface area contributed by atoms with Gasteiger partial charge in [-0.1, -0.05) is 6.08 Å². The van der Waals surface area contributed by atoms with Crippen molar-refractivity contribution in [2.45, 2.75) is 0 Å². The summed E-state index contributed by atoms with van der Waals surface area (Å²) in [5.74, 6) is 1.03. The summed E-state index contributed by atoms with van der Waals surface area (Å²) in [7, 11) is 0. The maximum absolute atomic E-state index is 12.6. The van der Waals surface area contributed by atoms with E-state index in [-0.39, 0.29) is 5.91 Å². The van der Waals surface area contributed by atoms with E-state index in [1.54, 1.807) is 41.7 Å². The number of rotatable bonds is 5. The standard InChI is InChI=1S/C16H19N7O/c1-2-5-17-15-18-8-4-13(21-15)14(24)22-9-11-23(12-10-22)16-19-6-3-7-20-16/h2-4,6-8H,1,5,9-12H2,(H,17,18,21). The van der Waals surface area contributed by atoms with E-state index < -0.39 is 0 Å². The number of amides is 1. The maximum atomic E-state index is 12.6. The lowest BCUT2D eigenvalue weighted by molar-refractivity contribution is 0.0740. The average molecular weight is 325 g/mol. The van der Waals surface area contributed by atoms with Gasteiger partial charge in [0.15, 0.2) is 0 Å². The van der Waals surface area contributed by atoms with E-state index in [2.05, 4.69) is 36.7 Å². The van der Waals surface area contributed by atoms with E-state index in [0.717, 1.165) is 0 Å². The molecule has 0 unspecified atom stereocenters. The molecule has 0 aromatic carbocycles. The Hall–Kier alpha value is -3.03. The summed E-state index contributed by atoms with van der Waals surface area (Å²) in [5, 5.41) is 2.99. The van der Waals surface area contributed by atoms with Gasteiger partial charge in [-0.3, -0.25) is 4.79 Å². The Morgan fingerprint density at radius 3 is 2.62 bits per heavy atom. The molecule has 2 aromatic rings. The van der Waals surface area contributed by atoms with Crippen molar-refractivity contribution in [3.8, 4) is 0 Å². The van der Waals surface area contributed by atoms with Gasteiger partial charge < -0.3 is 15.1 Å². The van der Waals surface area contributed by atoms with Crippen LogP contribution in [-0.4, -0.2) is 63.5 Å². The van der Waals surface area contributed by atoms with Crippen LogP contribution in [0.25, 0.3) is 0 Å². The normalized spacial score (nSPS) is 14.3. The third-order valence-electron chi connectivity index (χ3n) is 3.68. The molecule has 1 fully saturated rings. The van der Waals surface area contributed by atoms with Crippen LogP contribution in [0.2, 0.25) is 0 Å². The fourth-order valence-electron chi connectivity index (χ4n) is 2.45. The maximum Gasteiger partial charge on any atom is 0.272 e. The van der Waals surface area contributed by atoms with Crippen molar-refractivity contribution in [1.29, 1.82) is 0 Å². The number of aromatic nitrogens is 4. The van der Waals surface area contributed by atoms with Crippen molar-refractivity contribution in [3.05, 3.63) is 49.1 Å². The number of hydrogen-bond donors (Lipinski definition) is 1. The molecule has 0 atom stereocenters. The number of nitrogens with zero attached hydrogens (tertiary/aromatic N) is 6. The van der Waals surface area contributed by atoms with Gasteiger partial charge in [-0.2, -0.15) is 0 Å². The molecule has 0 radical (unpaired) electrons. The smallest absolute Gasteiger partial charge is 0.272 e. The van der Waals surface area contributed by atoms with Crippen LogP contribution < -0.4 is 10.2 Å². The van der Waals surface area contributed by atoms with Crippen LogP contribution in [0.4, 0.5) is 11.9 Å². The number of piperazine rings is 1. The van der Waals surface area contributed by atoms with Gasteiger partial charge in [0.1, 0.15) is 5.69 Å². The van der Waals surface area contributed by atoms with Crippen molar-refractivity contribution in [2.24, 2.45) is 0 Å². The van der Waals surface area contributed by atoms with Gasteiger partial charge in [-0.15, -0.1) is 6.58 Å². The van der Waals surface area contributed by atoms with Crippen molar-refractivity contribution in [2.75, 3.05) is 42.9 Å². The summed E-state index contributed by atoms with van der Waals surface area (Å²) >= 11 is 0. The molecule has 8 nitrogen and oxygen atoms in total. The summed E-state index contributed by atoms with van der Waals surface area (Å²) in [6, 6.07) is 3.42. The Balaban J connectivity index is 1.62. The predicted molar refractivity (Wildman–Crippen MR) is 90.9 cm³/mol. The quantitative estimate of drug-likeness (QED) is 0.815. The largest absolute Gasteiger partial charge is 0.351 e. The third-order valence-corrected chi connectivity index (χ3v) is 3.68. The van der Waals surface area contributed by atoms with Crippen LogP contribution >= 0.6 is 0 Å². The van der Waals surface area contributed by atoms with Crippen LogP contribution in [0.15, 0.2) is 43.4 Å². The molecule has 1 aliphatic heterocycles. The number of hydrogen-bond acceptors (Lipinski definition) is 7. The van der Waals surface area contributed by atoms with Gasteiger partial charge in [0, 0.05) is 51.3 Å². The molecule has 0 saturated carbocycles. The Bertz CT molecular complexity index is 699. The first kappa shape index (κ1) is 15.9. The second kappa shape index (κ2) is 7.49. The SMILES string of the molecule is C=CCNc1nccc(C(=O)N2CCN(c3ncccn3)CC2)n1. The summed E-state index contributed by atoms with van der Waals surface area (Å²) < 4.78 is 0. The van der Waals surface area contributed by atoms with Crippen LogP contribution in [0.1, 0.15) is 10.5 Å². The number of anilines is 2. The molecule has 1 amide bonds. The van der Waals surface area contributed by atoms with Gasteiger partial charge >= 0.3 is 0 Å². The monoisotopic (exact) mass is 325 g/mol. The zero-order chi connectivity index (χ0) is 16.8. The lowest BCUT2D eigenvalue weighted by atomic mass is 10.2. The van der Waals surface area contributed by atoms with Crippen molar-refractivity contribution in [1.82, 2.24) is 24.8 Å². The van der Waals surface area contributed by atoms with Crippen molar-refractivity contribution in [3.63, 3.8) is 0 Å². The highest BCUT2D eigenvalue weighted by Crippen LogP contribution is 2.12. The van der Waals surface area contributed by atoms with Crippen LogP contribution in [0, 0.1) is 0 Å². The minimum Gasteiger partial charge on any atom is -0.351 e. The second-order valence-corrected chi connectivity index (χ2v) is 5.26. The van der Waals surface area contributed by atoms with E-state index in [1.807, 2.05) is 0 Å². The first-order valence-corrected chi connectivity index (χ1v) is 7.77. The lowest BCUT2D eigenvalue weighted by Crippen LogP contribution is -2.49. The zero-order valence-corrected chi connectivity index (χ0v) is 13.3. The van der Waals surface area contributed by atoms with E-state index in [1.165, 1.54) is 0 Å².